The van der Waals surface area contributed by atoms with E-state index in [1.165, 1.54) is 36.5 Å². The van der Waals surface area contributed by atoms with Gasteiger partial charge >= 0.3 is 19.2 Å². The van der Waals surface area contributed by atoms with Gasteiger partial charge in [0, 0.05) is 12.1 Å². The van der Waals surface area contributed by atoms with Gasteiger partial charge in [-0.25, -0.2) is 9.18 Å². The number of carbonyl (C=O) groups is 1. The van der Waals surface area contributed by atoms with Crippen LogP contribution in [0.25, 0.3) is 11.1 Å². The maximum atomic E-state index is 14.1. The molecule has 0 aliphatic carbocycles. The average molecular weight is 557 g/mol. The molecule has 0 aliphatic rings. The number of benzene rings is 3. The summed E-state index contributed by atoms with van der Waals surface area (Å²) >= 11 is 0. The molecule has 0 saturated carbocycles. The van der Waals surface area contributed by atoms with E-state index < -0.39 is 36.5 Å². The molecule has 4 unspecified atom stereocenters. The molecule has 4 aromatic rings. The molecule has 0 aliphatic heterocycles. The normalized spacial score (nSPS) is 15.2. The zero-order chi connectivity index (χ0) is 28.9. The lowest BCUT2D eigenvalue weighted by molar-refractivity contribution is -0.147. The molecule has 3 N–H and O–H groups in total. The Morgan fingerprint density at radius 3 is 2.12 bits per heavy atom. The predicted octanol–water partition coefficient (Wildman–Crippen LogP) is 6.12. The van der Waals surface area contributed by atoms with Gasteiger partial charge in [0.25, 0.3) is 0 Å². The minimum Gasteiger partial charge on any atom is -0.477 e. The molecule has 1 heterocycles. The summed E-state index contributed by atoms with van der Waals surface area (Å²) in [6, 6.07) is 26.2. The van der Waals surface area contributed by atoms with Crippen LogP contribution in [0.3, 0.4) is 0 Å². The second kappa shape index (κ2) is 11.9. The molecule has 0 fully saturated rings. The largest absolute Gasteiger partial charge is 0.541 e. The van der Waals surface area contributed by atoms with Crippen LogP contribution in [0, 0.1) is 23.6 Å². The topological polar surface area (TPSA) is 108 Å². The van der Waals surface area contributed by atoms with Crippen LogP contribution in [0.1, 0.15) is 36.6 Å². The van der Waals surface area contributed by atoms with Crippen molar-refractivity contribution in [3.63, 3.8) is 0 Å². The fourth-order valence-electron chi connectivity index (χ4n) is 4.82. The van der Waals surface area contributed by atoms with Crippen molar-refractivity contribution in [3.8, 4) is 23.0 Å². The van der Waals surface area contributed by atoms with Crippen molar-refractivity contribution < 1.29 is 28.9 Å². The highest BCUT2D eigenvalue weighted by Gasteiger charge is 2.75. The fourth-order valence-corrected chi connectivity index (χ4v) is 5.68. The van der Waals surface area contributed by atoms with Gasteiger partial charge in [0.1, 0.15) is 5.82 Å². The highest BCUT2D eigenvalue weighted by Crippen LogP contribution is 2.57. The van der Waals surface area contributed by atoms with Gasteiger partial charge in [0.05, 0.1) is 11.6 Å². The predicted molar refractivity (Wildman–Crippen MR) is 151 cm³/mol. The molecule has 0 radical (unpaired) electrons. The Morgan fingerprint density at radius 2 is 1.55 bits per heavy atom. The number of hydrogen-bond donors (Lipinski definition) is 3. The molecule has 6 nitrogen and oxygen atoms in total. The third kappa shape index (κ3) is 5.30. The summed E-state index contributed by atoms with van der Waals surface area (Å²) in [6.07, 6.45) is 1.36. The Bertz CT molecular complexity index is 1550. The van der Waals surface area contributed by atoms with Crippen molar-refractivity contribution in [2.75, 3.05) is 0 Å². The van der Waals surface area contributed by atoms with Gasteiger partial charge in [-0.15, -0.1) is 0 Å². The molecule has 0 bridgehead atoms. The van der Waals surface area contributed by atoms with Crippen molar-refractivity contribution in [2.45, 2.75) is 30.5 Å². The minimum atomic E-state index is -3.69. The number of rotatable bonds is 8. The van der Waals surface area contributed by atoms with E-state index in [0.717, 1.165) is 11.1 Å². The van der Waals surface area contributed by atoms with Gasteiger partial charge in [0.2, 0.25) is 0 Å². The van der Waals surface area contributed by atoms with E-state index in [1.54, 1.807) is 44.2 Å². The molecular weight excluding hydrogens is 528 g/mol. The Labute approximate surface area is 233 Å². The van der Waals surface area contributed by atoms with Crippen LogP contribution in [0.2, 0.25) is 0 Å². The molecule has 202 valence electrons. The number of aromatic nitrogens is 1. The molecule has 4 rings (SSSR count). The molecule has 0 spiro atoms. The summed E-state index contributed by atoms with van der Waals surface area (Å²) < 4.78 is 27.3. The Kier molecular flexibility index (Phi) is 8.56. The van der Waals surface area contributed by atoms with Crippen molar-refractivity contribution >= 4 is 14.0 Å². The maximum Gasteiger partial charge on any atom is 0.541 e. The summed E-state index contributed by atoms with van der Waals surface area (Å²) in [5, 5.41) is 20.6. The monoisotopic (exact) mass is 556 g/mol. The average Bonchev–Trinajstić information content (AvgIpc) is 2.95. The lowest BCUT2D eigenvalue weighted by atomic mass is 9.67. The van der Waals surface area contributed by atoms with E-state index in [9.17, 15) is 28.9 Å². The minimum absolute atomic E-state index is 0.174. The third-order valence-electron chi connectivity index (χ3n) is 6.69. The van der Waals surface area contributed by atoms with Crippen molar-refractivity contribution in [1.29, 1.82) is 0 Å². The van der Waals surface area contributed by atoms with Gasteiger partial charge in [-0.3, -0.25) is 4.98 Å². The summed E-state index contributed by atoms with van der Waals surface area (Å²) in [7, 11) is -3.69. The van der Waals surface area contributed by atoms with E-state index >= 15 is 0 Å². The zero-order valence-electron chi connectivity index (χ0n) is 21.9. The smallest absolute Gasteiger partial charge is 0.477 e. The Hall–Kier alpha value is -4.21. The molecule has 1 aromatic heterocycles. The van der Waals surface area contributed by atoms with Crippen molar-refractivity contribution in [2.24, 2.45) is 5.92 Å². The van der Waals surface area contributed by atoms with Crippen molar-refractivity contribution in [3.05, 3.63) is 126 Å². The van der Waals surface area contributed by atoms with Crippen LogP contribution in [0.15, 0.2) is 103 Å². The Balaban J connectivity index is 2.15. The summed E-state index contributed by atoms with van der Waals surface area (Å²) in [4.78, 5) is 28.1. The van der Waals surface area contributed by atoms with Gasteiger partial charge < -0.3 is 10.2 Å². The summed E-state index contributed by atoms with van der Waals surface area (Å²) in [5.41, 5.74) is -0.537. The van der Waals surface area contributed by atoms with Crippen LogP contribution >= 0.6 is 8.03 Å². The first-order chi connectivity index (χ1) is 19.1. The number of hydrogen-bond acceptors (Lipinski definition) is 4. The molecule has 0 saturated heterocycles. The van der Waals surface area contributed by atoms with Crippen LogP contribution in [-0.4, -0.2) is 31.2 Å². The highest BCUT2D eigenvalue weighted by molar-refractivity contribution is 7.42. The molecule has 8 heteroatoms. The molecule has 0 amide bonds. The number of nitrogens with zero attached hydrogens (tertiary/aromatic N) is 1. The number of carboxylic acid groups (broad SMARTS) is 1. The van der Waals surface area contributed by atoms with Crippen molar-refractivity contribution in [1.82, 2.24) is 4.98 Å². The van der Waals surface area contributed by atoms with Crippen LogP contribution in [0.4, 0.5) is 4.39 Å². The Morgan fingerprint density at radius 1 is 0.900 bits per heavy atom. The summed E-state index contributed by atoms with van der Waals surface area (Å²) in [5.74, 6) is 1.18. The van der Waals surface area contributed by atoms with Gasteiger partial charge in [-0.2, -0.15) is 4.89 Å². The number of carboxylic acids is 1. The molecule has 4 atom stereocenters. The maximum absolute atomic E-state index is 14.1. The standard InChI is InChI=1S/C32H27FNO5P/c1-22(2)18-19-31(30(35)36,40(38)39)32(37,28-13-6-7-20-34-28)29(24-14-16-27(33)17-15-24)26-12-8-11-25(21-26)23-9-4-3-5-10-23/h3-17,20-22,29,37H,1-2H3,(H-,35,36,38,39)/p+1. The summed E-state index contributed by atoms with van der Waals surface area (Å²) in [6.45, 7) is 3.40. The van der Waals surface area contributed by atoms with E-state index in [0.29, 0.717) is 11.1 Å². The first-order valence-corrected chi connectivity index (χ1v) is 13.8. The lowest BCUT2D eigenvalue weighted by Crippen LogP contribution is -2.58. The number of aliphatic carboxylic acids is 1. The number of halogens is 1. The fraction of sp³-hybridized carbons (Fsp3) is 0.188. The second-order valence-corrected chi connectivity index (χ2v) is 10.9. The van der Waals surface area contributed by atoms with E-state index in [2.05, 4.69) is 16.8 Å². The van der Waals surface area contributed by atoms with Gasteiger partial charge in [-0.1, -0.05) is 92.6 Å². The van der Waals surface area contributed by atoms with E-state index in [4.69, 9.17) is 0 Å². The number of aliphatic hydroxyl groups is 1. The SMILES string of the molecule is CC(C)C#CC(C(=O)O)([P+](=O)O)C(O)(c1ccccn1)C(c1ccc(F)cc1)c1cccc(-c2ccccc2)c1. The molecule has 40 heavy (non-hydrogen) atoms. The highest BCUT2D eigenvalue weighted by atomic mass is 31.1. The quantitative estimate of drug-likeness (QED) is 0.178. The van der Waals surface area contributed by atoms with Gasteiger partial charge in [-0.05, 0) is 57.0 Å². The van der Waals surface area contributed by atoms with E-state index in [1.807, 2.05) is 36.4 Å². The second-order valence-electron chi connectivity index (χ2n) is 9.67. The van der Waals surface area contributed by atoms with Gasteiger partial charge in [0.15, 0.2) is 5.60 Å². The van der Waals surface area contributed by atoms with Crippen LogP contribution in [0.5, 0.6) is 0 Å². The molecular formula is C32H28FNO5P+. The number of pyridine rings is 1. The third-order valence-corrected chi connectivity index (χ3v) is 7.91. The molecule has 3 aromatic carbocycles. The lowest BCUT2D eigenvalue weighted by Gasteiger charge is -2.39. The van der Waals surface area contributed by atoms with E-state index in [-0.39, 0.29) is 11.6 Å². The van der Waals surface area contributed by atoms with Crippen LogP contribution in [-0.2, 0) is 15.0 Å². The first kappa shape index (κ1) is 28.8. The first-order valence-electron chi connectivity index (χ1n) is 12.6. The van der Waals surface area contributed by atoms with Crippen LogP contribution < -0.4 is 0 Å². The zero-order valence-corrected chi connectivity index (χ0v) is 22.8.